The molecule has 1 aliphatic heterocycles. The van der Waals surface area contributed by atoms with Crippen LogP contribution in [0.3, 0.4) is 0 Å². The minimum atomic E-state index is -0.973. The maximum Gasteiger partial charge on any atom is 0.321 e. The van der Waals surface area contributed by atoms with E-state index >= 15 is 0 Å². The summed E-state index contributed by atoms with van der Waals surface area (Å²) in [4.78, 5) is 11.0. The van der Waals surface area contributed by atoms with Gasteiger partial charge in [-0.25, -0.2) is 0 Å². The van der Waals surface area contributed by atoms with Crippen LogP contribution in [0.4, 0.5) is 0 Å². The number of carboxylic acid groups (broad SMARTS) is 1. The molecule has 3 rings (SSSR count). The van der Waals surface area contributed by atoms with Gasteiger partial charge in [0.25, 0.3) is 0 Å². The molecule has 1 saturated heterocycles. The first-order chi connectivity index (χ1) is 8.60. The SMILES string of the molecule is O=C(O)C1CS(=O)C2CC3(CCCC3)CCC2N1. The summed E-state index contributed by atoms with van der Waals surface area (Å²) in [6.07, 6.45) is 8.43. The maximum atomic E-state index is 12.3. The van der Waals surface area contributed by atoms with Crippen molar-refractivity contribution >= 4 is 16.8 Å². The van der Waals surface area contributed by atoms with E-state index in [9.17, 15) is 9.00 Å². The van der Waals surface area contributed by atoms with Gasteiger partial charge in [0.2, 0.25) is 0 Å². The second-order valence-electron chi connectivity index (χ2n) is 6.20. The molecule has 2 saturated carbocycles. The van der Waals surface area contributed by atoms with Crippen LogP contribution in [0.5, 0.6) is 0 Å². The van der Waals surface area contributed by atoms with Gasteiger partial charge in [0, 0.05) is 22.6 Å². The van der Waals surface area contributed by atoms with Gasteiger partial charge in [-0.3, -0.25) is 14.3 Å². The van der Waals surface area contributed by atoms with E-state index in [1.807, 2.05) is 0 Å². The van der Waals surface area contributed by atoms with Crippen LogP contribution in [0.2, 0.25) is 0 Å². The lowest BCUT2D eigenvalue weighted by molar-refractivity contribution is -0.139. The molecule has 0 aromatic heterocycles. The van der Waals surface area contributed by atoms with Crippen LogP contribution in [-0.4, -0.2) is 38.4 Å². The monoisotopic (exact) mass is 271 g/mol. The fraction of sp³-hybridized carbons (Fsp3) is 0.923. The van der Waals surface area contributed by atoms with Crippen LogP contribution >= 0.6 is 0 Å². The van der Waals surface area contributed by atoms with Crippen molar-refractivity contribution in [2.24, 2.45) is 5.41 Å². The molecule has 4 nitrogen and oxygen atoms in total. The number of carbonyl (C=O) groups is 1. The Labute approximate surface area is 110 Å². The summed E-state index contributed by atoms with van der Waals surface area (Å²) >= 11 is 0. The zero-order valence-electron chi connectivity index (χ0n) is 10.6. The number of hydrogen-bond donors (Lipinski definition) is 2. The highest BCUT2D eigenvalue weighted by molar-refractivity contribution is 7.85. The smallest absolute Gasteiger partial charge is 0.321 e. The van der Waals surface area contributed by atoms with Crippen molar-refractivity contribution in [2.75, 3.05) is 5.75 Å². The van der Waals surface area contributed by atoms with E-state index in [1.165, 1.54) is 32.1 Å². The van der Waals surface area contributed by atoms with E-state index in [-0.39, 0.29) is 17.0 Å². The van der Waals surface area contributed by atoms with Gasteiger partial charge in [-0.2, -0.15) is 0 Å². The van der Waals surface area contributed by atoms with Gasteiger partial charge in [0.1, 0.15) is 6.04 Å². The lowest BCUT2D eigenvalue weighted by atomic mass is 9.71. The van der Waals surface area contributed by atoms with E-state index < -0.39 is 22.8 Å². The Bertz CT molecular complexity index is 378. The van der Waals surface area contributed by atoms with Gasteiger partial charge in [0.05, 0.1) is 5.25 Å². The average molecular weight is 271 g/mol. The molecule has 0 bridgehead atoms. The Morgan fingerprint density at radius 3 is 2.67 bits per heavy atom. The summed E-state index contributed by atoms with van der Waals surface area (Å²) in [5.41, 5.74) is 0.439. The molecule has 0 aromatic rings. The molecule has 5 heteroatoms. The molecule has 1 spiro atoms. The van der Waals surface area contributed by atoms with Crippen LogP contribution in [0.15, 0.2) is 0 Å². The number of nitrogens with one attached hydrogen (secondary N) is 1. The predicted octanol–water partition coefficient (Wildman–Crippen LogP) is 1.27. The Kier molecular flexibility index (Phi) is 3.22. The number of rotatable bonds is 1. The third-order valence-corrected chi connectivity index (χ3v) is 6.95. The van der Waals surface area contributed by atoms with Gasteiger partial charge in [-0.15, -0.1) is 0 Å². The summed E-state index contributed by atoms with van der Waals surface area (Å²) < 4.78 is 12.3. The molecule has 1 heterocycles. The normalized spacial score (nSPS) is 42.7. The largest absolute Gasteiger partial charge is 0.480 e. The molecule has 18 heavy (non-hydrogen) atoms. The zero-order chi connectivity index (χ0) is 12.8. The number of fused-ring (bicyclic) bond motifs is 1. The van der Waals surface area contributed by atoms with Crippen LogP contribution < -0.4 is 5.32 Å². The summed E-state index contributed by atoms with van der Waals surface area (Å²) in [7, 11) is -0.973. The first-order valence-corrected chi connectivity index (χ1v) is 8.34. The fourth-order valence-corrected chi connectivity index (χ4v) is 6.04. The van der Waals surface area contributed by atoms with Crippen LogP contribution in [0.25, 0.3) is 0 Å². The van der Waals surface area contributed by atoms with Crippen molar-refractivity contribution in [2.45, 2.75) is 62.3 Å². The minimum absolute atomic E-state index is 0.159. The molecule has 0 amide bonds. The van der Waals surface area contributed by atoms with Crippen molar-refractivity contribution in [3.8, 4) is 0 Å². The van der Waals surface area contributed by atoms with Gasteiger partial charge < -0.3 is 5.11 Å². The maximum absolute atomic E-state index is 12.3. The lowest BCUT2D eigenvalue weighted by Gasteiger charge is -2.46. The molecule has 2 aliphatic carbocycles. The Morgan fingerprint density at radius 2 is 2.00 bits per heavy atom. The van der Waals surface area contributed by atoms with Crippen molar-refractivity contribution in [1.82, 2.24) is 5.32 Å². The van der Waals surface area contributed by atoms with Crippen molar-refractivity contribution in [3.05, 3.63) is 0 Å². The van der Waals surface area contributed by atoms with Crippen molar-refractivity contribution in [1.29, 1.82) is 0 Å². The van der Waals surface area contributed by atoms with E-state index in [2.05, 4.69) is 5.32 Å². The quantitative estimate of drug-likeness (QED) is 0.754. The lowest BCUT2D eigenvalue weighted by Crippen LogP contribution is -2.60. The number of carboxylic acids is 1. The molecule has 3 fully saturated rings. The molecule has 2 N–H and O–H groups in total. The highest BCUT2D eigenvalue weighted by Crippen LogP contribution is 2.50. The average Bonchev–Trinajstić information content (AvgIpc) is 2.78. The molecule has 4 atom stereocenters. The molecule has 0 radical (unpaired) electrons. The summed E-state index contributed by atoms with van der Waals surface area (Å²) in [5.74, 6) is -0.574. The minimum Gasteiger partial charge on any atom is -0.480 e. The first-order valence-electron chi connectivity index (χ1n) is 6.96. The highest BCUT2D eigenvalue weighted by Gasteiger charge is 2.47. The third-order valence-electron chi connectivity index (χ3n) is 5.11. The van der Waals surface area contributed by atoms with Crippen LogP contribution in [-0.2, 0) is 15.6 Å². The van der Waals surface area contributed by atoms with Gasteiger partial charge in [-0.1, -0.05) is 12.8 Å². The van der Waals surface area contributed by atoms with Crippen molar-refractivity contribution < 1.29 is 14.1 Å². The topological polar surface area (TPSA) is 66.4 Å². The third kappa shape index (κ3) is 2.11. The zero-order valence-corrected chi connectivity index (χ0v) is 11.4. The van der Waals surface area contributed by atoms with Gasteiger partial charge in [0.15, 0.2) is 0 Å². The number of aliphatic carboxylic acids is 1. The van der Waals surface area contributed by atoms with Gasteiger partial charge >= 0.3 is 5.97 Å². The Balaban J connectivity index is 1.73. The molecule has 0 aromatic carbocycles. The highest BCUT2D eigenvalue weighted by atomic mass is 32.2. The predicted molar refractivity (Wildman–Crippen MR) is 69.9 cm³/mol. The van der Waals surface area contributed by atoms with E-state index in [4.69, 9.17) is 5.11 Å². The van der Waals surface area contributed by atoms with E-state index in [0.717, 1.165) is 12.8 Å². The standard InChI is InChI=1S/C13H21NO3S/c15-12(16)10-8-18(17)11-7-13(4-1-2-5-13)6-3-9(11)14-10/h9-11,14H,1-8H2,(H,15,16). The summed E-state index contributed by atoms with van der Waals surface area (Å²) in [5, 5.41) is 12.4. The van der Waals surface area contributed by atoms with Crippen LogP contribution in [0.1, 0.15) is 44.9 Å². The second-order valence-corrected chi connectivity index (χ2v) is 7.90. The number of hydrogen-bond acceptors (Lipinski definition) is 3. The molecular weight excluding hydrogens is 250 g/mol. The van der Waals surface area contributed by atoms with E-state index in [0.29, 0.717) is 5.41 Å². The molecule has 4 unspecified atom stereocenters. The molecule has 3 aliphatic rings. The van der Waals surface area contributed by atoms with E-state index in [1.54, 1.807) is 0 Å². The summed E-state index contributed by atoms with van der Waals surface area (Å²) in [6, 6.07) is -0.448. The molecular formula is C13H21NO3S. The fourth-order valence-electron chi connectivity index (χ4n) is 4.10. The second kappa shape index (κ2) is 4.60. The van der Waals surface area contributed by atoms with Crippen LogP contribution in [0, 0.1) is 5.41 Å². The van der Waals surface area contributed by atoms with Gasteiger partial charge in [-0.05, 0) is 37.5 Å². The Hall–Kier alpha value is -0.420. The summed E-state index contributed by atoms with van der Waals surface area (Å²) in [6.45, 7) is 0. The molecule has 102 valence electrons. The Morgan fingerprint density at radius 1 is 1.28 bits per heavy atom. The van der Waals surface area contributed by atoms with Crippen molar-refractivity contribution in [3.63, 3.8) is 0 Å². The first kappa shape index (κ1) is 12.6.